The Labute approximate surface area is 139 Å². The first kappa shape index (κ1) is 15.9. The molecule has 0 atom stereocenters. The lowest BCUT2D eigenvalue weighted by molar-refractivity contribution is 0.112. The van der Waals surface area contributed by atoms with E-state index in [1.54, 1.807) is 36.2 Å². The van der Waals surface area contributed by atoms with Crippen molar-refractivity contribution in [3.63, 3.8) is 0 Å². The van der Waals surface area contributed by atoms with Crippen LogP contribution in [0.2, 0.25) is 0 Å². The minimum Gasteiger partial charge on any atom is -0.497 e. The fraction of sp³-hybridized carbons (Fsp3) is 0.158. The number of ether oxygens (including phenoxy) is 1. The SMILES string of the molecule is COc1ccc(Cn2cc(C=O)c(Cc3ccccc3F)n2)cc1. The van der Waals surface area contributed by atoms with E-state index in [9.17, 15) is 9.18 Å². The van der Waals surface area contributed by atoms with Gasteiger partial charge in [-0.15, -0.1) is 0 Å². The normalized spacial score (nSPS) is 10.6. The predicted octanol–water partition coefficient (Wildman–Crippen LogP) is 3.48. The average Bonchev–Trinajstić information content (AvgIpc) is 2.99. The van der Waals surface area contributed by atoms with Crippen LogP contribution in [0.4, 0.5) is 4.39 Å². The highest BCUT2D eigenvalue weighted by Crippen LogP contribution is 2.16. The molecule has 0 aliphatic carbocycles. The Morgan fingerprint density at radius 1 is 1.17 bits per heavy atom. The quantitative estimate of drug-likeness (QED) is 0.652. The van der Waals surface area contributed by atoms with Crippen LogP contribution in [-0.4, -0.2) is 23.2 Å². The van der Waals surface area contributed by atoms with Gasteiger partial charge in [0.05, 0.1) is 24.9 Å². The zero-order valence-corrected chi connectivity index (χ0v) is 13.3. The van der Waals surface area contributed by atoms with Crippen molar-refractivity contribution >= 4 is 6.29 Å². The molecule has 0 N–H and O–H groups in total. The Morgan fingerprint density at radius 3 is 2.58 bits per heavy atom. The van der Waals surface area contributed by atoms with E-state index in [0.29, 0.717) is 23.4 Å². The van der Waals surface area contributed by atoms with Gasteiger partial charge in [-0.25, -0.2) is 4.39 Å². The van der Waals surface area contributed by atoms with Gasteiger partial charge in [-0.05, 0) is 29.3 Å². The summed E-state index contributed by atoms with van der Waals surface area (Å²) in [6.45, 7) is 0.530. The molecule has 24 heavy (non-hydrogen) atoms. The van der Waals surface area contributed by atoms with Crippen molar-refractivity contribution in [1.29, 1.82) is 0 Å². The van der Waals surface area contributed by atoms with E-state index in [1.165, 1.54) is 6.07 Å². The molecular formula is C19H17FN2O2. The monoisotopic (exact) mass is 324 g/mol. The summed E-state index contributed by atoms with van der Waals surface area (Å²) in [5, 5.41) is 4.44. The van der Waals surface area contributed by atoms with Gasteiger partial charge < -0.3 is 4.74 Å². The molecule has 0 unspecified atom stereocenters. The van der Waals surface area contributed by atoms with Crippen LogP contribution in [-0.2, 0) is 13.0 Å². The highest BCUT2D eigenvalue weighted by Gasteiger charge is 2.11. The molecule has 0 bridgehead atoms. The van der Waals surface area contributed by atoms with Gasteiger partial charge in [0.2, 0.25) is 0 Å². The van der Waals surface area contributed by atoms with Gasteiger partial charge in [0.1, 0.15) is 11.6 Å². The van der Waals surface area contributed by atoms with E-state index in [0.717, 1.165) is 17.6 Å². The summed E-state index contributed by atoms with van der Waals surface area (Å²) in [7, 11) is 1.62. The number of aldehydes is 1. The second-order valence-corrected chi connectivity index (χ2v) is 5.46. The molecule has 122 valence electrons. The van der Waals surface area contributed by atoms with Crippen LogP contribution < -0.4 is 4.74 Å². The van der Waals surface area contributed by atoms with Gasteiger partial charge in [-0.1, -0.05) is 30.3 Å². The van der Waals surface area contributed by atoms with Crippen molar-refractivity contribution in [1.82, 2.24) is 9.78 Å². The third-order valence-electron chi connectivity index (χ3n) is 3.82. The molecule has 0 spiro atoms. The number of carbonyl (C=O) groups excluding carboxylic acids is 1. The molecule has 0 saturated heterocycles. The average molecular weight is 324 g/mol. The van der Waals surface area contributed by atoms with Crippen LogP contribution >= 0.6 is 0 Å². The summed E-state index contributed by atoms with van der Waals surface area (Å²) in [5.41, 5.74) is 2.61. The number of methoxy groups -OCH3 is 1. The number of hydrogen-bond acceptors (Lipinski definition) is 3. The molecule has 0 radical (unpaired) electrons. The molecule has 0 aliphatic heterocycles. The van der Waals surface area contributed by atoms with Crippen molar-refractivity contribution in [3.8, 4) is 5.75 Å². The standard InChI is InChI=1S/C19H17FN2O2/c1-24-17-8-6-14(7-9-17)11-22-12-16(13-23)19(21-22)10-15-4-2-3-5-18(15)20/h2-9,12-13H,10-11H2,1H3. The topological polar surface area (TPSA) is 44.1 Å². The van der Waals surface area contributed by atoms with Crippen molar-refractivity contribution < 1.29 is 13.9 Å². The Bertz CT molecular complexity index is 841. The lowest BCUT2D eigenvalue weighted by atomic mass is 10.1. The molecule has 2 aromatic carbocycles. The maximum atomic E-state index is 13.8. The summed E-state index contributed by atoms with van der Waals surface area (Å²) in [5.74, 6) is 0.493. The van der Waals surface area contributed by atoms with Crippen LogP contribution in [0.3, 0.4) is 0 Å². The summed E-state index contributed by atoms with van der Waals surface area (Å²) in [4.78, 5) is 11.3. The smallest absolute Gasteiger partial charge is 0.153 e. The maximum Gasteiger partial charge on any atom is 0.153 e. The minimum atomic E-state index is -0.293. The molecule has 5 heteroatoms. The lowest BCUT2D eigenvalue weighted by Gasteiger charge is -2.04. The largest absolute Gasteiger partial charge is 0.497 e. The molecule has 1 aromatic heterocycles. The first-order valence-electron chi connectivity index (χ1n) is 7.57. The minimum absolute atomic E-state index is 0.288. The van der Waals surface area contributed by atoms with Gasteiger partial charge in [0, 0.05) is 12.6 Å². The number of rotatable bonds is 6. The molecular weight excluding hydrogens is 307 g/mol. The van der Waals surface area contributed by atoms with Gasteiger partial charge in [-0.3, -0.25) is 9.48 Å². The zero-order chi connectivity index (χ0) is 16.9. The lowest BCUT2D eigenvalue weighted by Crippen LogP contribution is -2.02. The number of nitrogens with zero attached hydrogens (tertiary/aromatic N) is 2. The second kappa shape index (κ2) is 7.08. The Morgan fingerprint density at radius 2 is 1.92 bits per heavy atom. The number of aromatic nitrogens is 2. The molecule has 4 nitrogen and oxygen atoms in total. The van der Waals surface area contributed by atoms with Crippen LogP contribution in [0.5, 0.6) is 5.75 Å². The maximum absolute atomic E-state index is 13.8. The van der Waals surface area contributed by atoms with Crippen molar-refractivity contribution in [3.05, 3.63) is 82.9 Å². The second-order valence-electron chi connectivity index (χ2n) is 5.46. The van der Waals surface area contributed by atoms with Gasteiger partial charge >= 0.3 is 0 Å². The third kappa shape index (κ3) is 3.51. The first-order valence-corrected chi connectivity index (χ1v) is 7.57. The molecule has 0 aliphatic rings. The Hall–Kier alpha value is -2.95. The zero-order valence-electron chi connectivity index (χ0n) is 13.3. The van der Waals surface area contributed by atoms with Gasteiger partial charge in [0.15, 0.2) is 6.29 Å². The van der Waals surface area contributed by atoms with Gasteiger partial charge in [0.25, 0.3) is 0 Å². The Balaban J connectivity index is 1.81. The van der Waals surface area contributed by atoms with Crippen molar-refractivity contribution in [2.75, 3.05) is 7.11 Å². The van der Waals surface area contributed by atoms with E-state index in [-0.39, 0.29) is 12.2 Å². The number of halogens is 1. The van der Waals surface area contributed by atoms with Crippen molar-refractivity contribution in [2.45, 2.75) is 13.0 Å². The summed E-state index contributed by atoms with van der Waals surface area (Å²) < 4.78 is 20.6. The summed E-state index contributed by atoms with van der Waals surface area (Å²) >= 11 is 0. The molecule has 1 heterocycles. The van der Waals surface area contributed by atoms with Gasteiger partial charge in [-0.2, -0.15) is 5.10 Å². The van der Waals surface area contributed by atoms with Crippen LogP contribution in [0.15, 0.2) is 54.7 Å². The Kier molecular flexibility index (Phi) is 4.70. The van der Waals surface area contributed by atoms with E-state index in [1.807, 2.05) is 24.3 Å². The third-order valence-corrected chi connectivity index (χ3v) is 3.82. The van der Waals surface area contributed by atoms with E-state index in [4.69, 9.17) is 4.74 Å². The van der Waals surface area contributed by atoms with Crippen molar-refractivity contribution in [2.24, 2.45) is 0 Å². The molecule has 3 rings (SSSR count). The van der Waals surface area contributed by atoms with Crippen LogP contribution in [0.1, 0.15) is 27.2 Å². The fourth-order valence-electron chi connectivity index (χ4n) is 2.53. The summed E-state index contributed by atoms with van der Waals surface area (Å²) in [6.07, 6.45) is 2.73. The predicted molar refractivity (Wildman–Crippen MR) is 88.9 cm³/mol. The van der Waals surface area contributed by atoms with E-state index in [2.05, 4.69) is 5.10 Å². The number of benzene rings is 2. The number of hydrogen-bond donors (Lipinski definition) is 0. The summed E-state index contributed by atoms with van der Waals surface area (Å²) in [6, 6.07) is 14.2. The molecule has 0 amide bonds. The molecule has 0 fully saturated rings. The van der Waals surface area contributed by atoms with Crippen LogP contribution in [0.25, 0.3) is 0 Å². The highest BCUT2D eigenvalue weighted by atomic mass is 19.1. The number of carbonyl (C=O) groups is 1. The molecule has 3 aromatic rings. The van der Waals surface area contributed by atoms with Crippen LogP contribution in [0, 0.1) is 5.82 Å². The van der Waals surface area contributed by atoms with E-state index >= 15 is 0 Å². The highest BCUT2D eigenvalue weighted by molar-refractivity contribution is 5.76. The first-order chi connectivity index (χ1) is 11.7. The molecule has 0 saturated carbocycles. The fourth-order valence-corrected chi connectivity index (χ4v) is 2.53. The van der Waals surface area contributed by atoms with E-state index < -0.39 is 0 Å².